The number of benzene rings is 2. The Morgan fingerprint density at radius 2 is 1.79 bits per heavy atom. The van der Waals surface area contributed by atoms with Gasteiger partial charge in [0.2, 0.25) is 0 Å². The van der Waals surface area contributed by atoms with Gasteiger partial charge in [0, 0.05) is 24.0 Å². The highest BCUT2D eigenvalue weighted by molar-refractivity contribution is 7.48. The van der Waals surface area contributed by atoms with E-state index in [4.69, 9.17) is 4.74 Å². The van der Waals surface area contributed by atoms with Crippen molar-refractivity contribution in [3.8, 4) is 5.75 Å². The number of aliphatic imine (C=N–C) groups is 1. The van der Waals surface area contributed by atoms with Gasteiger partial charge in [-0.2, -0.15) is 0 Å². The highest BCUT2D eigenvalue weighted by atomic mass is 31.1. The summed E-state index contributed by atoms with van der Waals surface area (Å²) in [7, 11) is 4.25. The van der Waals surface area contributed by atoms with Crippen LogP contribution in [0.15, 0.2) is 41.4 Å². The van der Waals surface area contributed by atoms with Crippen molar-refractivity contribution >= 4 is 20.1 Å². The largest absolute Gasteiger partial charge is 0.496 e. The zero-order valence-electron chi connectivity index (χ0n) is 15.6. The molecule has 0 saturated carbocycles. The minimum Gasteiger partial charge on any atom is -0.496 e. The molecule has 0 N–H and O–H groups in total. The molecule has 0 saturated heterocycles. The van der Waals surface area contributed by atoms with Gasteiger partial charge in [0.25, 0.3) is 0 Å². The predicted molar refractivity (Wildman–Crippen MR) is 108 cm³/mol. The van der Waals surface area contributed by atoms with Crippen LogP contribution in [0.5, 0.6) is 5.75 Å². The van der Waals surface area contributed by atoms with Crippen molar-refractivity contribution in [2.45, 2.75) is 39.3 Å². The molecule has 0 fully saturated rings. The highest BCUT2D eigenvalue weighted by Gasteiger charge is 2.29. The fourth-order valence-corrected chi connectivity index (χ4v) is 4.49. The van der Waals surface area contributed by atoms with Crippen LogP contribution in [-0.4, -0.2) is 20.4 Å². The summed E-state index contributed by atoms with van der Waals surface area (Å²) < 4.78 is 5.66. The Hall–Kier alpha value is -1.66. The summed E-state index contributed by atoms with van der Waals surface area (Å²) in [5.74, 6) is 0.982. The SMILES string of the molecule is CCC(C)(Pc1ccc(C)cc1C=NC)c1cc(C)ccc1OC. The van der Waals surface area contributed by atoms with E-state index in [-0.39, 0.29) is 5.16 Å². The van der Waals surface area contributed by atoms with E-state index in [0.29, 0.717) is 8.58 Å². The molecule has 2 nitrogen and oxygen atoms in total. The molecule has 0 radical (unpaired) electrons. The van der Waals surface area contributed by atoms with Crippen molar-refractivity contribution in [1.29, 1.82) is 0 Å². The molecule has 0 aliphatic heterocycles. The first-order valence-corrected chi connectivity index (χ1v) is 9.39. The lowest BCUT2D eigenvalue weighted by atomic mass is 9.95. The molecular weight excluding hydrogens is 313 g/mol. The van der Waals surface area contributed by atoms with Gasteiger partial charge in [-0.3, -0.25) is 4.99 Å². The van der Waals surface area contributed by atoms with Crippen molar-refractivity contribution in [1.82, 2.24) is 0 Å². The minimum atomic E-state index is 0.0446. The van der Waals surface area contributed by atoms with E-state index >= 15 is 0 Å². The van der Waals surface area contributed by atoms with E-state index in [0.717, 1.165) is 12.2 Å². The van der Waals surface area contributed by atoms with Crippen LogP contribution in [0.2, 0.25) is 0 Å². The third-order valence-corrected chi connectivity index (χ3v) is 6.44. The summed E-state index contributed by atoms with van der Waals surface area (Å²) in [4.78, 5) is 4.24. The third kappa shape index (κ3) is 4.05. The maximum atomic E-state index is 5.66. The number of hydrogen-bond donors (Lipinski definition) is 0. The van der Waals surface area contributed by atoms with Gasteiger partial charge in [0.05, 0.1) is 7.11 Å². The summed E-state index contributed by atoms with van der Waals surface area (Å²) in [6.45, 7) is 8.87. The molecule has 0 aliphatic carbocycles. The number of nitrogens with zero attached hydrogens (tertiary/aromatic N) is 1. The normalized spacial score (nSPS) is 14.4. The number of hydrogen-bond acceptors (Lipinski definition) is 2. The lowest BCUT2D eigenvalue weighted by molar-refractivity contribution is 0.403. The van der Waals surface area contributed by atoms with Crippen LogP contribution < -0.4 is 10.0 Å². The molecule has 2 unspecified atom stereocenters. The first-order chi connectivity index (χ1) is 11.4. The lowest BCUT2D eigenvalue weighted by Crippen LogP contribution is -2.21. The number of methoxy groups -OCH3 is 1. The molecule has 0 amide bonds. The second-order valence-corrected chi connectivity index (χ2v) is 8.38. The summed E-state index contributed by atoms with van der Waals surface area (Å²) >= 11 is 0. The molecule has 2 rings (SSSR count). The van der Waals surface area contributed by atoms with Crippen molar-refractivity contribution < 1.29 is 4.74 Å². The Balaban J connectivity index is 2.51. The zero-order valence-corrected chi connectivity index (χ0v) is 16.6. The molecule has 0 spiro atoms. The van der Waals surface area contributed by atoms with E-state index in [9.17, 15) is 0 Å². The van der Waals surface area contributed by atoms with Crippen LogP contribution in [0.3, 0.4) is 0 Å². The van der Waals surface area contributed by atoms with Crippen LogP contribution in [0.1, 0.15) is 42.5 Å². The average Bonchev–Trinajstić information content (AvgIpc) is 2.57. The molecule has 2 aromatic carbocycles. The Labute approximate surface area is 148 Å². The molecule has 2 atom stereocenters. The predicted octanol–water partition coefficient (Wildman–Crippen LogP) is 4.99. The molecule has 0 bridgehead atoms. The van der Waals surface area contributed by atoms with Crippen LogP contribution in [0.4, 0.5) is 0 Å². The number of aryl methyl sites for hydroxylation is 2. The summed E-state index contributed by atoms with van der Waals surface area (Å²) in [5, 5.41) is 1.40. The van der Waals surface area contributed by atoms with Crippen LogP contribution in [-0.2, 0) is 5.16 Å². The first kappa shape index (κ1) is 18.7. The van der Waals surface area contributed by atoms with Crippen molar-refractivity contribution in [3.05, 3.63) is 58.7 Å². The number of rotatable bonds is 6. The van der Waals surface area contributed by atoms with Crippen LogP contribution in [0, 0.1) is 13.8 Å². The second-order valence-electron chi connectivity index (χ2n) is 6.49. The molecule has 128 valence electrons. The van der Waals surface area contributed by atoms with Gasteiger partial charge in [0.1, 0.15) is 5.75 Å². The van der Waals surface area contributed by atoms with Crippen LogP contribution >= 0.6 is 8.58 Å². The molecule has 2 aromatic rings. The Kier molecular flexibility index (Phi) is 6.18. The second kappa shape index (κ2) is 7.94. The summed E-state index contributed by atoms with van der Waals surface area (Å²) in [6, 6.07) is 13.1. The molecule has 3 heteroatoms. The van der Waals surface area contributed by atoms with Gasteiger partial charge >= 0.3 is 0 Å². The van der Waals surface area contributed by atoms with Gasteiger partial charge in [0.15, 0.2) is 0 Å². The van der Waals surface area contributed by atoms with E-state index in [1.807, 2.05) is 13.3 Å². The Morgan fingerprint density at radius 3 is 2.42 bits per heavy atom. The minimum absolute atomic E-state index is 0.0446. The van der Waals surface area contributed by atoms with E-state index < -0.39 is 0 Å². The lowest BCUT2D eigenvalue weighted by Gasteiger charge is -2.31. The topological polar surface area (TPSA) is 21.6 Å². The quantitative estimate of drug-likeness (QED) is 0.536. The molecule has 0 aromatic heterocycles. The fourth-order valence-electron chi connectivity index (χ4n) is 2.94. The third-order valence-electron chi connectivity index (χ3n) is 4.54. The maximum Gasteiger partial charge on any atom is 0.122 e. The van der Waals surface area contributed by atoms with Crippen molar-refractivity contribution in [3.63, 3.8) is 0 Å². The van der Waals surface area contributed by atoms with E-state index in [1.54, 1.807) is 7.11 Å². The van der Waals surface area contributed by atoms with Gasteiger partial charge in [-0.15, -0.1) is 0 Å². The summed E-state index contributed by atoms with van der Waals surface area (Å²) in [6.07, 6.45) is 3.03. The van der Waals surface area contributed by atoms with Crippen LogP contribution in [0.25, 0.3) is 0 Å². The van der Waals surface area contributed by atoms with Gasteiger partial charge in [-0.1, -0.05) is 57.8 Å². The Morgan fingerprint density at radius 1 is 1.12 bits per heavy atom. The fraction of sp³-hybridized carbons (Fsp3) is 0.381. The molecule has 0 aliphatic rings. The molecule has 24 heavy (non-hydrogen) atoms. The summed E-state index contributed by atoms with van der Waals surface area (Å²) in [5.41, 5.74) is 5.06. The van der Waals surface area contributed by atoms with E-state index in [1.165, 1.54) is 27.6 Å². The standard InChI is InChI=1S/C21H28NOP/c1-7-21(4,18-13-16(3)8-10-19(18)23-6)24-20-11-9-15(2)12-17(20)14-22-5/h8-14,24H,7H2,1-6H3. The van der Waals surface area contributed by atoms with Gasteiger partial charge in [-0.05, 0) is 43.3 Å². The maximum absolute atomic E-state index is 5.66. The Bertz CT molecular complexity index is 739. The van der Waals surface area contributed by atoms with Crippen molar-refractivity contribution in [2.24, 2.45) is 4.99 Å². The zero-order chi connectivity index (χ0) is 17.7. The van der Waals surface area contributed by atoms with E-state index in [2.05, 4.69) is 69.1 Å². The van der Waals surface area contributed by atoms with Crippen molar-refractivity contribution in [2.75, 3.05) is 14.2 Å². The smallest absolute Gasteiger partial charge is 0.122 e. The monoisotopic (exact) mass is 341 g/mol. The number of ether oxygens (including phenoxy) is 1. The first-order valence-electron chi connectivity index (χ1n) is 8.39. The van der Waals surface area contributed by atoms with Gasteiger partial charge in [-0.25, -0.2) is 0 Å². The van der Waals surface area contributed by atoms with Gasteiger partial charge < -0.3 is 4.74 Å². The molecular formula is C21H28NOP. The average molecular weight is 341 g/mol. The highest BCUT2D eigenvalue weighted by Crippen LogP contribution is 2.47. The molecule has 0 heterocycles.